The normalized spacial score (nSPS) is 10.7. The summed E-state index contributed by atoms with van der Waals surface area (Å²) >= 11 is 0. The molecule has 0 fully saturated rings. The molecule has 0 unspecified atom stereocenters. The first-order chi connectivity index (χ1) is 12.6. The largest absolute Gasteiger partial charge is 0.356 e. The molecule has 1 amide bonds. The summed E-state index contributed by atoms with van der Waals surface area (Å²) < 4.78 is 0. The third-order valence-electron chi connectivity index (χ3n) is 3.99. The van der Waals surface area contributed by atoms with E-state index >= 15 is 0 Å². The number of amides is 1. The maximum atomic E-state index is 12.0. The summed E-state index contributed by atoms with van der Waals surface area (Å²) in [4.78, 5) is 20.3. The SMILES string of the molecule is CCc1ccccc1CNC(=NC)NCCC(=O)Nc1ccc(C)cn1.I. The van der Waals surface area contributed by atoms with Gasteiger partial charge in [0.25, 0.3) is 0 Å². The Balaban J connectivity index is 0.00000364. The number of nitrogens with zero attached hydrogens (tertiary/aromatic N) is 2. The lowest BCUT2D eigenvalue weighted by atomic mass is 10.1. The van der Waals surface area contributed by atoms with Crippen molar-refractivity contribution in [2.45, 2.75) is 33.2 Å². The smallest absolute Gasteiger partial charge is 0.227 e. The molecule has 1 aromatic carbocycles. The van der Waals surface area contributed by atoms with Gasteiger partial charge in [-0.1, -0.05) is 37.3 Å². The second kappa shape index (κ2) is 12.3. The van der Waals surface area contributed by atoms with Crippen LogP contribution in [0.25, 0.3) is 0 Å². The van der Waals surface area contributed by atoms with Crippen molar-refractivity contribution < 1.29 is 4.79 Å². The molecule has 2 rings (SSSR count). The predicted molar refractivity (Wildman–Crippen MR) is 122 cm³/mol. The summed E-state index contributed by atoms with van der Waals surface area (Å²) in [5.74, 6) is 1.16. The van der Waals surface area contributed by atoms with Crippen molar-refractivity contribution in [2.75, 3.05) is 18.9 Å². The average molecular weight is 481 g/mol. The number of carbonyl (C=O) groups excluding carboxylic acids is 1. The molecule has 0 radical (unpaired) electrons. The number of guanidine groups is 1. The van der Waals surface area contributed by atoms with Gasteiger partial charge in [-0.3, -0.25) is 9.79 Å². The number of rotatable bonds is 7. The topological polar surface area (TPSA) is 78.4 Å². The summed E-state index contributed by atoms with van der Waals surface area (Å²) in [6.07, 6.45) is 3.06. The Bertz CT molecular complexity index is 746. The van der Waals surface area contributed by atoms with Crippen LogP contribution >= 0.6 is 24.0 Å². The highest BCUT2D eigenvalue weighted by molar-refractivity contribution is 14.0. The van der Waals surface area contributed by atoms with E-state index in [1.165, 1.54) is 11.1 Å². The lowest BCUT2D eigenvalue weighted by Crippen LogP contribution is -2.38. The summed E-state index contributed by atoms with van der Waals surface area (Å²) in [6, 6.07) is 12.1. The lowest BCUT2D eigenvalue weighted by molar-refractivity contribution is -0.116. The van der Waals surface area contributed by atoms with Crippen molar-refractivity contribution in [3.8, 4) is 0 Å². The summed E-state index contributed by atoms with van der Waals surface area (Å²) in [5, 5.41) is 9.23. The van der Waals surface area contributed by atoms with E-state index in [1.54, 1.807) is 19.3 Å². The molecule has 7 heteroatoms. The predicted octanol–water partition coefficient (Wildman–Crippen LogP) is 3.26. The minimum atomic E-state index is -0.0827. The molecule has 1 aromatic heterocycles. The zero-order chi connectivity index (χ0) is 18.8. The Labute approximate surface area is 178 Å². The Hall–Kier alpha value is -2.16. The molecule has 0 saturated heterocycles. The van der Waals surface area contributed by atoms with E-state index in [2.05, 4.69) is 51.0 Å². The van der Waals surface area contributed by atoms with Gasteiger partial charge in [0.05, 0.1) is 0 Å². The Morgan fingerprint density at radius 1 is 1.11 bits per heavy atom. The number of aryl methyl sites for hydroxylation is 2. The van der Waals surface area contributed by atoms with Crippen molar-refractivity contribution in [3.05, 3.63) is 59.3 Å². The number of hydrogen-bond acceptors (Lipinski definition) is 3. The third-order valence-corrected chi connectivity index (χ3v) is 3.99. The van der Waals surface area contributed by atoms with Gasteiger partial charge in [0.15, 0.2) is 5.96 Å². The van der Waals surface area contributed by atoms with Gasteiger partial charge in [0.2, 0.25) is 5.91 Å². The van der Waals surface area contributed by atoms with E-state index in [4.69, 9.17) is 0 Å². The molecule has 0 spiro atoms. The van der Waals surface area contributed by atoms with Crippen LogP contribution in [0.5, 0.6) is 0 Å². The summed E-state index contributed by atoms with van der Waals surface area (Å²) in [6.45, 7) is 5.30. The second-order valence-corrected chi connectivity index (χ2v) is 5.99. The van der Waals surface area contributed by atoms with Crippen molar-refractivity contribution in [1.29, 1.82) is 0 Å². The van der Waals surface area contributed by atoms with Crippen LogP contribution in [0.4, 0.5) is 5.82 Å². The number of nitrogens with one attached hydrogen (secondary N) is 3. The standard InChI is InChI=1S/C20H27N5O.HI/c1-4-16-7-5-6-8-17(16)14-24-20(21-3)22-12-11-19(26)25-18-10-9-15(2)13-23-18;/h5-10,13H,4,11-12,14H2,1-3H3,(H2,21,22,24)(H,23,25,26);1H. The molecular formula is C20H28IN5O. The van der Waals surface area contributed by atoms with Gasteiger partial charge in [0.1, 0.15) is 5.82 Å². The zero-order valence-corrected chi connectivity index (χ0v) is 18.4. The molecule has 0 aliphatic heterocycles. The first kappa shape index (κ1) is 22.9. The van der Waals surface area contributed by atoms with Gasteiger partial charge in [-0.2, -0.15) is 0 Å². The molecule has 3 N–H and O–H groups in total. The van der Waals surface area contributed by atoms with Gasteiger partial charge < -0.3 is 16.0 Å². The van der Waals surface area contributed by atoms with Crippen LogP contribution in [0.2, 0.25) is 0 Å². The van der Waals surface area contributed by atoms with E-state index < -0.39 is 0 Å². The molecule has 0 atom stereocenters. The number of benzene rings is 1. The first-order valence-corrected chi connectivity index (χ1v) is 8.86. The quantitative estimate of drug-likeness (QED) is 0.322. The molecule has 6 nitrogen and oxygen atoms in total. The van der Waals surface area contributed by atoms with Gasteiger partial charge >= 0.3 is 0 Å². The van der Waals surface area contributed by atoms with Crippen LogP contribution in [0.1, 0.15) is 30.0 Å². The minimum Gasteiger partial charge on any atom is -0.356 e. The Kier molecular flexibility index (Phi) is 10.4. The number of pyridine rings is 1. The number of hydrogen-bond donors (Lipinski definition) is 3. The van der Waals surface area contributed by atoms with Gasteiger partial charge in [0, 0.05) is 32.8 Å². The molecule has 1 heterocycles. The van der Waals surface area contributed by atoms with Crippen LogP contribution in [0, 0.1) is 6.92 Å². The van der Waals surface area contributed by atoms with Gasteiger partial charge in [-0.25, -0.2) is 4.98 Å². The van der Waals surface area contributed by atoms with Crippen molar-refractivity contribution in [2.24, 2.45) is 4.99 Å². The van der Waals surface area contributed by atoms with Gasteiger partial charge in [-0.15, -0.1) is 24.0 Å². The van der Waals surface area contributed by atoms with Gasteiger partial charge in [-0.05, 0) is 36.1 Å². The van der Waals surface area contributed by atoms with Crippen LogP contribution < -0.4 is 16.0 Å². The number of halogens is 1. The fourth-order valence-electron chi connectivity index (χ4n) is 2.52. The fraction of sp³-hybridized carbons (Fsp3) is 0.350. The second-order valence-electron chi connectivity index (χ2n) is 5.99. The number of aromatic nitrogens is 1. The monoisotopic (exact) mass is 481 g/mol. The van der Waals surface area contributed by atoms with E-state index in [9.17, 15) is 4.79 Å². The highest BCUT2D eigenvalue weighted by Gasteiger charge is 2.05. The van der Waals surface area contributed by atoms with E-state index in [1.807, 2.05) is 19.1 Å². The van der Waals surface area contributed by atoms with Crippen LogP contribution in [0.3, 0.4) is 0 Å². The van der Waals surface area contributed by atoms with Crippen LogP contribution in [-0.2, 0) is 17.8 Å². The van der Waals surface area contributed by atoms with Crippen molar-refractivity contribution in [1.82, 2.24) is 15.6 Å². The molecule has 0 aliphatic rings. The Morgan fingerprint density at radius 3 is 2.48 bits per heavy atom. The fourth-order valence-corrected chi connectivity index (χ4v) is 2.52. The zero-order valence-electron chi connectivity index (χ0n) is 16.1. The first-order valence-electron chi connectivity index (χ1n) is 8.86. The average Bonchev–Trinajstić information content (AvgIpc) is 2.66. The number of aliphatic imine (C=N–C) groups is 1. The molecule has 0 saturated carbocycles. The molecular weight excluding hydrogens is 453 g/mol. The van der Waals surface area contributed by atoms with E-state index in [-0.39, 0.29) is 29.9 Å². The summed E-state index contributed by atoms with van der Waals surface area (Å²) in [5.41, 5.74) is 3.63. The van der Waals surface area contributed by atoms with Crippen molar-refractivity contribution >= 4 is 41.7 Å². The maximum absolute atomic E-state index is 12.0. The summed E-state index contributed by atoms with van der Waals surface area (Å²) in [7, 11) is 1.72. The number of anilines is 1. The van der Waals surface area contributed by atoms with Crippen molar-refractivity contribution in [3.63, 3.8) is 0 Å². The minimum absolute atomic E-state index is 0. The molecule has 146 valence electrons. The molecule has 27 heavy (non-hydrogen) atoms. The van der Waals surface area contributed by atoms with E-state index in [0.717, 1.165) is 12.0 Å². The third kappa shape index (κ3) is 7.94. The highest BCUT2D eigenvalue weighted by Crippen LogP contribution is 2.08. The molecule has 0 aliphatic carbocycles. The van der Waals surface area contributed by atoms with E-state index in [0.29, 0.717) is 31.3 Å². The lowest BCUT2D eigenvalue weighted by Gasteiger charge is -2.13. The highest BCUT2D eigenvalue weighted by atomic mass is 127. The van der Waals surface area contributed by atoms with Crippen LogP contribution in [-0.4, -0.2) is 30.4 Å². The Morgan fingerprint density at radius 2 is 1.85 bits per heavy atom. The molecule has 0 bridgehead atoms. The molecule has 2 aromatic rings. The maximum Gasteiger partial charge on any atom is 0.227 e. The number of carbonyl (C=O) groups is 1. The van der Waals surface area contributed by atoms with Crippen LogP contribution in [0.15, 0.2) is 47.6 Å².